The van der Waals surface area contributed by atoms with E-state index in [4.69, 9.17) is 0 Å². The van der Waals surface area contributed by atoms with Crippen molar-refractivity contribution in [2.24, 2.45) is 0 Å². The van der Waals surface area contributed by atoms with Crippen LogP contribution in [0.2, 0.25) is 0 Å². The summed E-state index contributed by atoms with van der Waals surface area (Å²) < 4.78 is 53.4. The van der Waals surface area contributed by atoms with E-state index in [2.05, 4.69) is 14.7 Å². The van der Waals surface area contributed by atoms with Crippen molar-refractivity contribution >= 4 is 15.7 Å². The first-order valence-corrected chi connectivity index (χ1v) is 9.53. The van der Waals surface area contributed by atoms with E-state index in [0.29, 0.717) is 4.68 Å². The fraction of sp³-hybridized carbons (Fsp3) is 0.438. The molecule has 0 bridgehead atoms. The molecule has 1 aromatic heterocycles. The van der Waals surface area contributed by atoms with Gasteiger partial charge in [-0.1, -0.05) is 18.2 Å². The molecular formula is C16H20F2N4O2S. The first-order valence-electron chi connectivity index (χ1n) is 8.05. The van der Waals surface area contributed by atoms with Gasteiger partial charge in [-0.15, -0.1) is 0 Å². The molecule has 0 aliphatic carbocycles. The minimum absolute atomic E-state index is 0.0877. The van der Waals surface area contributed by atoms with Gasteiger partial charge in [0, 0.05) is 25.3 Å². The molecular weight excluding hydrogens is 350 g/mol. The average molecular weight is 370 g/mol. The number of hydrogen-bond acceptors (Lipinski definition) is 4. The minimum Gasteiger partial charge on any atom is -0.371 e. The number of anilines is 1. The van der Waals surface area contributed by atoms with E-state index in [1.807, 2.05) is 24.3 Å². The average Bonchev–Trinajstić information content (AvgIpc) is 3.23. The Bertz CT molecular complexity index is 846. The van der Waals surface area contributed by atoms with Crippen LogP contribution in [-0.2, 0) is 16.6 Å². The smallest absolute Gasteiger partial charge is 0.333 e. The van der Waals surface area contributed by atoms with Gasteiger partial charge in [-0.25, -0.2) is 17.8 Å². The highest BCUT2D eigenvalue weighted by atomic mass is 32.2. The predicted molar refractivity (Wildman–Crippen MR) is 90.1 cm³/mol. The molecule has 2 aromatic rings. The molecule has 1 aliphatic rings. The van der Waals surface area contributed by atoms with Crippen molar-refractivity contribution in [2.45, 2.75) is 37.8 Å². The summed E-state index contributed by atoms with van der Waals surface area (Å²) in [5, 5.41) is 3.46. The molecule has 1 aliphatic heterocycles. The second-order valence-corrected chi connectivity index (χ2v) is 7.70. The molecule has 136 valence electrons. The first-order chi connectivity index (χ1) is 11.9. The topological polar surface area (TPSA) is 67.2 Å². The lowest BCUT2D eigenvalue weighted by molar-refractivity contribution is 0.0541. The molecule has 6 nitrogen and oxygen atoms in total. The van der Waals surface area contributed by atoms with Gasteiger partial charge in [0.05, 0.1) is 11.9 Å². The number of benzene rings is 1. The summed E-state index contributed by atoms with van der Waals surface area (Å²) in [5.74, 6) is 0. The summed E-state index contributed by atoms with van der Waals surface area (Å²) in [6.45, 7) is 0.425. The molecule has 0 atom stereocenters. The monoisotopic (exact) mass is 370 g/mol. The van der Waals surface area contributed by atoms with Gasteiger partial charge in [0.15, 0.2) is 0 Å². The van der Waals surface area contributed by atoms with Gasteiger partial charge in [-0.05, 0) is 31.4 Å². The molecule has 1 N–H and O–H groups in total. The molecule has 0 amide bonds. The number of halogens is 2. The number of sulfonamides is 1. The molecule has 0 saturated carbocycles. The van der Waals surface area contributed by atoms with Crippen LogP contribution in [0.25, 0.3) is 0 Å². The third-order valence-electron chi connectivity index (χ3n) is 4.37. The van der Waals surface area contributed by atoms with E-state index >= 15 is 0 Å². The van der Waals surface area contributed by atoms with Gasteiger partial charge in [-0.2, -0.15) is 13.9 Å². The molecule has 0 radical (unpaired) electrons. The van der Waals surface area contributed by atoms with Gasteiger partial charge in [0.25, 0.3) is 0 Å². The first kappa shape index (κ1) is 17.8. The van der Waals surface area contributed by atoms with Crippen molar-refractivity contribution in [1.82, 2.24) is 14.5 Å². The molecule has 1 fully saturated rings. The second kappa shape index (κ2) is 7.09. The van der Waals surface area contributed by atoms with Gasteiger partial charge in [0.2, 0.25) is 10.0 Å². The van der Waals surface area contributed by atoms with Crippen LogP contribution in [-0.4, -0.2) is 31.3 Å². The van der Waals surface area contributed by atoms with E-state index in [0.717, 1.165) is 43.4 Å². The number of nitrogens with zero attached hydrogens (tertiary/aromatic N) is 3. The van der Waals surface area contributed by atoms with E-state index in [-0.39, 0.29) is 17.1 Å². The molecule has 0 spiro atoms. The van der Waals surface area contributed by atoms with Crippen molar-refractivity contribution in [3.05, 3.63) is 41.7 Å². The number of rotatable bonds is 6. The number of aromatic nitrogens is 2. The number of alkyl halides is 2. The van der Waals surface area contributed by atoms with Crippen LogP contribution >= 0.6 is 0 Å². The fourth-order valence-electron chi connectivity index (χ4n) is 3.05. The van der Waals surface area contributed by atoms with Crippen molar-refractivity contribution < 1.29 is 17.2 Å². The third-order valence-corrected chi connectivity index (χ3v) is 5.87. The van der Waals surface area contributed by atoms with Crippen LogP contribution in [0.3, 0.4) is 0 Å². The lowest BCUT2D eigenvalue weighted by atomic mass is 10.1. The Balaban J connectivity index is 1.79. The zero-order valence-electron chi connectivity index (χ0n) is 13.8. The van der Waals surface area contributed by atoms with Gasteiger partial charge in [0.1, 0.15) is 4.90 Å². The maximum Gasteiger partial charge on any atom is 0.333 e. The van der Waals surface area contributed by atoms with Crippen LogP contribution in [0.4, 0.5) is 14.5 Å². The molecule has 3 rings (SSSR count). The summed E-state index contributed by atoms with van der Waals surface area (Å²) in [6.07, 6.45) is 3.19. The van der Waals surface area contributed by atoms with Gasteiger partial charge in [-0.3, -0.25) is 0 Å². The Kier molecular flexibility index (Phi) is 5.05. The van der Waals surface area contributed by atoms with Crippen molar-refractivity contribution in [2.75, 3.05) is 18.0 Å². The molecule has 2 heterocycles. The molecule has 25 heavy (non-hydrogen) atoms. The SMILES string of the molecule is Cc1c(S(=O)(=O)NCc2ccccc2N2CCCC2)cnn1C(F)F. The molecule has 9 heteroatoms. The Morgan fingerprint density at radius 1 is 1.24 bits per heavy atom. The van der Waals surface area contributed by atoms with Crippen LogP contribution < -0.4 is 9.62 Å². The third kappa shape index (κ3) is 3.67. The maximum absolute atomic E-state index is 12.8. The molecule has 0 unspecified atom stereocenters. The van der Waals surface area contributed by atoms with Crippen molar-refractivity contribution in [1.29, 1.82) is 0 Å². The normalized spacial score (nSPS) is 15.3. The number of nitrogens with one attached hydrogen (secondary N) is 1. The van der Waals surface area contributed by atoms with Crippen molar-refractivity contribution in [3.63, 3.8) is 0 Å². The summed E-state index contributed by atoms with van der Waals surface area (Å²) in [4.78, 5) is 2.00. The Labute approximate surface area is 145 Å². The van der Waals surface area contributed by atoms with Gasteiger partial charge >= 0.3 is 6.55 Å². The van der Waals surface area contributed by atoms with Crippen LogP contribution in [0.15, 0.2) is 35.4 Å². The highest BCUT2D eigenvalue weighted by Gasteiger charge is 2.24. The standard InChI is InChI=1S/C16H20F2N4O2S/c1-12-15(11-19-22(12)16(17)18)25(23,24)20-10-13-6-2-3-7-14(13)21-8-4-5-9-21/h2-3,6-7,11,16,20H,4-5,8-10H2,1H3. The Morgan fingerprint density at radius 3 is 2.56 bits per heavy atom. The van der Waals surface area contributed by atoms with E-state index in [9.17, 15) is 17.2 Å². The summed E-state index contributed by atoms with van der Waals surface area (Å²) in [5.41, 5.74) is 1.77. The lowest BCUT2D eigenvalue weighted by Gasteiger charge is -2.21. The van der Waals surface area contributed by atoms with Crippen LogP contribution in [0.5, 0.6) is 0 Å². The maximum atomic E-state index is 12.8. The fourth-order valence-corrected chi connectivity index (χ4v) is 4.21. The van der Waals surface area contributed by atoms with Crippen LogP contribution in [0.1, 0.15) is 30.6 Å². The quantitative estimate of drug-likeness (QED) is 0.849. The van der Waals surface area contributed by atoms with Gasteiger partial charge < -0.3 is 4.90 Å². The zero-order valence-corrected chi connectivity index (χ0v) is 14.6. The highest BCUT2D eigenvalue weighted by Crippen LogP contribution is 2.25. The second-order valence-electron chi connectivity index (χ2n) is 5.96. The number of hydrogen-bond donors (Lipinski definition) is 1. The largest absolute Gasteiger partial charge is 0.371 e. The molecule has 1 aromatic carbocycles. The Morgan fingerprint density at radius 2 is 1.92 bits per heavy atom. The zero-order chi connectivity index (χ0) is 18.0. The Hall–Kier alpha value is -2.00. The summed E-state index contributed by atoms with van der Waals surface area (Å²) in [7, 11) is -3.93. The van der Waals surface area contributed by atoms with Crippen molar-refractivity contribution in [3.8, 4) is 0 Å². The predicted octanol–water partition coefficient (Wildman–Crippen LogP) is 2.67. The molecule has 1 saturated heterocycles. The van der Waals surface area contributed by atoms with E-state index < -0.39 is 16.6 Å². The van der Waals surface area contributed by atoms with E-state index in [1.165, 1.54) is 6.92 Å². The minimum atomic E-state index is -3.93. The summed E-state index contributed by atoms with van der Waals surface area (Å²) in [6, 6.07) is 7.60. The van der Waals surface area contributed by atoms with Crippen LogP contribution in [0, 0.1) is 6.92 Å². The summed E-state index contributed by atoms with van der Waals surface area (Å²) >= 11 is 0. The lowest BCUT2D eigenvalue weighted by Crippen LogP contribution is -2.26. The number of para-hydroxylation sites is 1. The van der Waals surface area contributed by atoms with E-state index in [1.54, 1.807) is 0 Å². The highest BCUT2D eigenvalue weighted by molar-refractivity contribution is 7.89.